The molecule has 1 aromatic heterocycles. The van der Waals surface area contributed by atoms with Crippen molar-refractivity contribution in [2.24, 2.45) is 0 Å². The molecule has 1 aliphatic heterocycles. The molecule has 0 fully saturated rings. The Morgan fingerprint density at radius 3 is 2.71 bits per heavy atom. The summed E-state index contributed by atoms with van der Waals surface area (Å²) in [4.78, 5) is 17.4. The van der Waals surface area contributed by atoms with E-state index in [0.717, 1.165) is 5.56 Å². The van der Waals surface area contributed by atoms with Gasteiger partial charge in [-0.25, -0.2) is 13.4 Å². The highest BCUT2D eigenvalue weighted by molar-refractivity contribution is 7.91. The molecule has 144 valence electrons. The lowest BCUT2D eigenvalue weighted by Gasteiger charge is -2.10. The Hall–Kier alpha value is -3.13. The number of ether oxygens (including phenoxy) is 1. The summed E-state index contributed by atoms with van der Waals surface area (Å²) < 4.78 is 31.4. The van der Waals surface area contributed by atoms with Gasteiger partial charge in [-0.3, -0.25) is 4.79 Å². The average molecular weight is 397 g/mol. The summed E-state index contributed by atoms with van der Waals surface area (Å²) in [6, 6.07) is 14.5. The first-order chi connectivity index (χ1) is 13.4. The van der Waals surface area contributed by atoms with Gasteiger partial charge in [-0.1, -0.05) is 24.3 Å². The second kappa shape index (κ2) is 6.79. The molecule has 0 unspecified atom stereocenters. The molecule has 0 spiro atoms. The number of benzene rings is 2. The SMILES string of the molecule is COc1cccc(-c2nc3n(c2C(=O)Nc2cccc(C)c2)CCS3(=O)=O)c1. The molecule has 28 heavy (non-hydrogen) atoms. The van der Waals surface area contributed by atoms with Gasteiger partial charge in [0.2, 0.25) is 15.0 Å². The number of imidazole rings is 1. The summed E-state index contributed by atoms with van der Waals surface area (Å²) in [5.41, 5.74) is 2.81. The number of aryl methyl sites for hydroxylation is 1. The van der Waals surface area contributed by atoms with Gasteiger partial charge >= 0.3 is 0 Å². The maximum Gasteiger partial charge on any atom is 0.274 e. The topological polar surface area (TPSA) is 90.3 Å². The number of methoxy groups -OCH3 is 1. The van der Waals surface area contributed by atoms with Gasteiger partial charge in [-0.2, -0.15) is 0 Å². The molecule has 0 aliphatic carbocycles. The van der Waals surface area contributed by atoms with E-state index in [1.807, 2.05) is 25.1 Å². The van der Waals surface area contributed by atoms with Crippen LogP contribution >= 0.6 is 0 Å². The summed E-state index contributed by atoms with van der Waals surface area (Å²) in [6.45, 7) is 2.13. The molecule has 4 rings (SSSR count). The van der Waals surface area contributed by atoms with Crippen LogP contribution in [0.1, 0.15) is 16.1 Å². The molecule has 0 bridgehead atoms. The monoisotopic (exact) mass is 397 g/mol. The molecule has 8 heteroatoms. The van der Waals surface area contributed by atoms with E-state index in [2.05, 4.69) is 10.3 Å². The number of fused-ring (bicyclic) bond motifs is 1. The first-order valence-electron chi connectivity index (χ1n) is 8.75. The van der Waals surface area contributed by atoms with Crippen LogP contribution in [0.2, 0.25) is 0 Å². The highest BCUT2D eigenvalue weighted by Gasteiger charge is 2.35. The van der Waals surface area contributed by atoms with Crippen molar-refractivity contribution in [1.29, 1.82) is 0 Å². The maximum atomic E-state index is 13.1. The fourth-order valence-corrected chi connectivity index (χ4v) is 4.65. The van der Waals surface area contributed by atoms with Gasteiger partial charge in [-0.05, 0) is 36.8 Å². The number of carbonyl (C=O) groups excluding carboxylic acids is 1. The smallest absolute Gasteiger partial charge is 0.274 e. The standard InChI is InChI=1S/C20H19N3O4S/c1-13-5-3-7-15(11-13)21-19(24)18-17(14-6-4-8-16(12-14)27-2)22-20-23(18)9-10-28(20,25)26/h3-8,11-12H,9-10H2,1-2H3,(H,21,24). The number of aromatic nitrogens is 2. The summed E-state index contributed by atoms with van der Waals surface area (Å²) in [5, 5.41) is 2.79. The average Bonchev–Trinajstić information content (AvgIpc) is 3.19. The van der Waals surface area contributed by atoms with E-state index >= 15 is 0 Å². The summed E-state index contributed by atoms with van der Waals surface area (Å²) in [5.74, 6) is 0.135. The highest BCUT2D eigenvalue weighted by Crippen LogP contribution is 2.32. The minimum atomic E-state index is -3.50. The summed E-state index contributed by atoms with van der Waals surface area (Å²) in [7, 11) is -1.96. The molecule has 2 heterocycles. The summed E-state index contributed by atoms with van der Waals surface area (Å²) in [6.07, 6.45) is 0. The van der Waals surface area contributed by atoms with Gasteiger partial charge in [0.05, 0.1) is 12.9 Å². The first kappa shape index (κ1) is 18.2. The highest BCUT2D eigenvalue weighted by atomic mass is 32.2. The van der Waals surface area contributed by atoms with Crippen molar-refractivity contribution in [3.63, 3.8) is 0 Å². The van der Waals surface area contributed by atoms with Crippen molar-refractivity contribution in [1.82, 2.24) is 9.55 Å². The molecule has 3 aromatic rings. The zero-order valence-electron chi connectivity index (χ0n) is 15.5. The number of sulfone groups is 1. The van der Waals surface area contributed by atoms with E-state index in [-0.39, 0.29) is 23.1 Å². The van der Waals surface area contributed by atoms with Crippen LogP contribution in [0.25, 0.3) is 11.3 Å². The number of nitrogens with one attached hydrogen (secondary N) is 1. The lowest BCUT2D eigenvalue weighted by Crippen LogP contribution is -2.18. The summed E-state index contributed by atoms with van der Waals surface area (Å²) >= 11 is 0. The van der Waals surface area contributed by atoms with Crippen LogP contribution < -0.4 is 10.1 Å². The number of amides is 1. The van der Waals surface area contributed by atoms with Crippen LogP contribution in [-0.4, -0.2) is 36.7 Å². The largest absolute Gasteiger partial charge is 0.497 e. The first-order valence-corrected chi connectivity index (χ1v) is 10.4. The van der Waals surface area contributed by atoms with Gasteiger partial charge in [-0.15, -0.1) is 0 Å². The predicted octanol–water partition coefficient (Wildman–Crippen LogP) is 2.91. The van der Waals surface area contributed by atoms with Crippen LogP contribution in [0, 0.1) is 6.92 Å². The minimum absolute atomic E-state index is 0.0571. The van der Waals surface area contributed by atoms with Crippen molar-refractivity contribution in [2.75, 3.05) is 18.2 Å². The van der Waals surface area contributed by atoms with Crippen molar-refractivity contribution in [3.8, 4) is 17.0 Å². The number of hydrogen-bond donors (Lipinski definition) is 1. The van der Waals surface area contributed by atoms with E-state index in [4.69, 9.17) is 4.74 Å². The van der Waals surface area contributed by atoms with Gasteiger partial charge in [0.15, 0.2) is 0 Å². The normalized spacial score (nSPS) is 14.5. The quantitative estimate of drug-likeness (QED) is 0.731. The zero-order chi connectivity index (χ0) is 19.9. The number of rotatable bonds is 4. The van der Waals surface area contributed by atoms with Crippen molar-refractivity contribution >= 4 is 21.4 Å². The van der Waals surface area contributed by atoms with Crippen molar-refractivity contribution < 1.29 is 17.9 Å². The van der Waals surface area contributed by atoms with Crippen molar-refractivity contribution in [2.45, 2.75) is 18.6 Å². The number of anilines is 1. The van der Waals surface area contributed by atoms with Crippen LogP contribution in [0.15, 0.2) is 53.7 Å². The molecule has 0 atom stereocenters. The molecule has 1 aliphatic rings. The third kappa shape index (κ3) is 3.16. The van der Waals surface area contributed by atoms with Crippen LogP contribution in [0.4, 0.5) is 5.69 Å². The fourth-order valence-electron chi connectivity index (χ4n) is 3.29. The minimum Gasteiger partial charge on any atom is -0.497 e. The Bertz CT molecular complexity index is 1180. The Morgan fingerprint density at radius 2 is 1.96 bits per heavy atom. The molecule has 2 aromatic carbocycles. The molecule has 0 saturated carbocycles. The van der Waals surface area contributed by atoms with Crippen molar-refractivity contribution in [3.05, 3.63) is 59.8 Å². The Morgan fingerprint density at radius 1 is 1.18 bits per heavy atom. The molecule has 1 amide bonds. The second-order valence-electron chi connectivity index (χ2n) is 6.62. The second-order valence-corrected chi connectivity index (χ2v) is 8.62. The van der Waals surface area contributed by atoms with Gasteiger partial charge in [0.1, 0.15) is 17.1 Å². The molecular weight excluding hydrogens is 378 g/mol. The van der Waals surface area contributed by atoms with E-state index < -0.39 is 15.7 Å². The lowest BCUT2D eigenvalue weighted by molar-refractivity contribution is 0.101. The Kier molecular flexibility index (Phi) is 4.43. The molecular formula is C20H19N3O4S. The van der Waals surface area contributed by atoms with E-state index in [9.17, 15) is 13.2 Å². The van der Waals surface area contributed by atoms with E-state index in [1.54, 1.807) is 37.4 Å². The molecule has 7 nitrogen and oxygen atoms in total. The predicted molar refractivity (Wildman–Crippen MR) is 105 cm³/mol. The number of carbonyl (C=O) groups is 1. The molecule has 1 N–H and O–H groups in total. The fraction of sp³-hybridized carbons (Fsp3) is 0.200. The van der Waals surface area contributed by atoms with Crippen LogP contribution in [-0.2, 0) is 16.4 Å². The number of hydrogen-bond acceptors (Lipinski definition) is 5. The van der Waals surface area contributed by atoms with Gasteiger partial charge in [0, 0.05) is 17.8 Å². The lowest BCUT2D eigenvalue weighted by atomic mass is 10.1. The molecule has 0 radical (unpaired) electrons. The van der Waals surface area contributed by atoms with E-state index in [0.29, 0.717) is 22.7 Å². The van der Waals surface area contributed by atoms with E-state index in [1.165, 1.54) is 4.57 Å². The maximum absolute atomic E-state index is 13.1. The van der Waals surface area contributed by atoms with Crippen LogP contribution in [0.5, 0.6) is 5.75 Å². The third-order valence-electron chi connectivity index (χ3n) is 4.63. The Balaban J connectivity index is 1.84. The third-order valence-corrected chi connectivity index (χ3v) is 6.22. The number of nitrogens with zero attached hydrogens (tertiary/aromatic N) is 2. The van der Waals surface area contributed by atoms with Gasteiger partial charge in [0.25, 0.3) is 5.91 Å². The Labute approximate surface area is 162 Å². The van der Waals surface area contributed by atoms with Crippen LogP contribution in [0.3, 0.4) is 0 Å². The zero-order valence-corrected chi connectivity index (χ0v) is 16.3. The molecule has 0 saturated heterocycles. The van der Waals surface area contributed by atoms with Gasteiger partial charge < -0.3 is 14.6 Å².